The van der Waals surface area contributed by atoms with Crippen molar-refractivity contribution < 1.29 is 9.53 Å². The maximum atomic E-state index is 12.5. The zero-order valence-corrected chi connectivity index (χ0v) is 14.2. The topological polar surface area (TPSA) is 38.3 Å². The lowest BCUT2D eigenvalue weighted by Gasteiger charge is -2.34. The fraction of sp³-hybridized carbons (Fsp3) is 0.211. The third kappa shape index (κ3) is 3.42. The molecule has 2 aromatic rings. The van der Waals surface area contributed by atoms with Crippen LogP contribution in [0.3, 0.4) is 0 Å². The zero-order valence-electron chi connectivity index (χ0n) is 13.4. The number of allylic oxidation sites excluding steroid dienone is 1. The molecule has 1 N–H and O–H groups in total. The summed E-state index contributed by atoms with van der Waals surface area (Å²) in [5.41, 5.74) is 2.51. The summed E-state index contributed by atoms with van der Waals surface area (Å²) >= 11 is 1.74. The van der Waals surface area contributed by atoms with E-state index in [9.17, 15) is 4.79 Å². The number of rotatable bonds is 3. The lowest BCUT2D eigenvalue weighted by atomic mass is 10.1. The summed E-state index contributed by atoms with van der Waals surface area (Å²) in [7, 11) is 1.65. The van der Waals surface area contributed by atoms with E-state index in [1.165, 1.54) is 0 Å². The van der Waals surface area contributed by atoms with Gasteiger partial charge in [-0.25, -0.2) is 0 Å². The predicted molar refractivity (Wildman–Crippen MR) is 94.8 cm³/mol. The van der Waals surface area contributed by atoms with Gasteiger partial charge in [0.25, 0.3) is 0 Å². The third-order valence-electron chi connectivity index (χ3n) is 3.61. The number of methoxy groups -OCH3 is 1. The number of nitrogens with one attached hydrogen (secondary N) is 1. The molecule has 0 aromatic heterocycles. The molecular formula is C19H19NO2S. The first-order valence-corrected chi connectivity index (χ1v) is 8.27. The summed E-state index contributed by atoms with van der Waals surface area (Å²) in [5.74, 6) is 0.772. The van der Waals surface area contributed by atoms with Crippen LogP contribution in [0.1, 0.15) is 29.8 Å². The minimum absolute atomic E-state index is 0.00966. The lowest BCUT2D eigenvalue weighted by Crippen LogP contribution is -2.37. The maximum absolute atomic E-state index is 12.5. The fourth-order valence-electron chi connectivity index (χ4n) is 2.56. The van der Waals surface area contributed by atoms with E-state index in [2.05, 4.69) is 19.2 Å². The largest absolute Gasteiger partial charge is 0.497 e. The standard InChI is InChI=1S/C19H19NO2S/c1-19(2)20-16(12-17(21)13-7-5-4-6-8-13)15-11-14(22-3)9-10-18(15)23-19/h4-12,20H,1-3H3/b16-12-. The minimum atomic E-state index is -0.176. The van der Waals surface area contributed by atoms with E-state index < -0.39 is 0 Å². The second-order valence-electron chi connectivity index (χ2n) is 5.89. The van der Waals surface area contributed by atoms with Crippen LogP contribution in [0.2, 0.25) is 0 Å². The van der Waals surface area contributed by atoms with Crippen LogP contribution in [0.4, 0.5) is 0 Å². The predicted octanol–water partition coefficient (Wildman–Crippen LogP) is 4.35. The number of thioether (sulfide) groups is 1. The van der Waals surface area contributed by atoms with E-state index in [-0.39, 0.29) is 10.7 Å². The quantitative estimate of drug-likeness (QED) is 0.672. The minimum Gasteiger partial charge on any atom is -0.497 e. The van der Waals surface area contributed by atoms with Crippen LogP contribution in [0.5, 0.6) is 5.75 Å². The Morgan fingerprint density at radius 2 is 1.91 bits per heavy atom. The molecule has 3 rings (SSSR count). The van der Waals surface area contributed by atoms with Crippen LogP contribution in [-0.4, -0.2) is 17.8 Å². The van der Waals surface area contributed by atoms with Crippen molar-refractivity contribution in [2.24, 2.45) is 0 Å². The average molecular weight is 325 g/mol. The molecule has 23 heavy (non-hydrogen) atoms. The molecule has 0 saturated heterocycles. The summed E-state index contributed by atoms with van der Waals surface area (Å²) in [6.45, 7) is 4.21. The van der Waals surface area contributed by atoms with E-state index in [0.29, 0.717) is 5.56 Å². The Morgan fingerprint density at radius 1 is 1.17 bits per heavy atom. The molecular weight excluding hydrogens is 306 g/mol. The van der Waals surface area contributed by atoms with Gasteiger partial charge in [0.1, 0.15) is 5.75 Å². The molecule has 1 aliphatic heterocycles. The van der Waals surface area contributed by atoms with Crippen LogP contribution in [0.15, 0.2) is 59.5 Å². The Morgan fingerprint density at radius 3 is 2.61 bits per heavy atom. The molecule has 0 unspecified atom stereocenters. The second kappa shape index (κ2) is 6.13. The van der Waals surface area contributed by atoms with Crippen molar-refractivity contribution in [2.45, 2.75) is 23.6 Å². The molecule has 1 heterocycles. The van der Waals surface area contributed by atoms with E-state index >= 15 is 0 Å². The number of fused-ring (bicyclic) bond motifs is 1. The summed E-state index contributed by atoms with van der Waals surface area (Å²) in [6.07, 6.45) is 1.68. The van der Waals surface area contributed by atoms with Crippen molar-refractivity contribution in [2.75, 3.05) is 7.11 Å². The summed E-state index contributed by atoms with van der Waals surface area (Å²) in [5, 5.41) is 3.45. The second-order valence-corrected chi connectivity index (χ2v) is 7.55. The third-order valence-corrected chi connectivity index (χ3v) is 4.80. The molecule has 2 aromatic carbocycles. The number of benzene rings is 2. The first-order valence-electron chi connectivity index (χ1n) is 7.45. The fourth-order valence-corrected chi connectivity index (χ4v) is 3.68. The maximum Gasteiger partial charge on any atom is 0.187 e. The molecule has 0 radical (unpaired) electrons. The Labute approximate surface area is 140 Å². The van der Waals surface area contributed by atoms with Gasteiger partial charge in [-0.2, -0.15) is 0 Å². The Hall–Kier alpha value is -2.20. The van der Waals surface area contributed by atoms with Crippen molar-refractivity contribution in [1.29, 1.82) is 0 Å². The molecule has 0 atom stereocenters. The van der Waals surface area contributed by atoms with E-state index in [4.69, 9.17) is 4.74 Å². The first kappa shape index (κ1) is 15.7. The summed E-state index contributed by atoms with van der Waals surface area (Å²) in [6, 6.07) is 15.3. The molecule has 0 bridgehead atoms. The normalized spacial score (nSPS) is 17.3. The van der Waals surface area contributed by atoms with Gasteiger partial charge in [-0.05, 0) is 32.0 Å². The molecule has 4 heteroatoms. The van der Waals surface area contributed by atoms with Gasteiger partial charge in [0.15, 0.2) is 5.78 Å². The van der Waals surface area contributed by atoms with Crippen LogP contribution >= 0.6 is 11.8 Å². The van der Waals surface area contributed by atoms with Gasteiger partial charge < -0.3 is 10.1 Å². The van der Waals surface area contributed by atoms with Crippen molar-refractivity contribution in [3.05, 3.63) is 65.7 Å². The molecule has 0 aliphatic carbocycles. The van der Waals surface area contributed by atoms with Crippen molar-refractivity contribution in [1.82, 2.24) is 5.32 Å². The Balaban J connectivity index is 2.05. The zero-order chi connectivity index (χ0) is 16.4. The van der Waals surface area contributed by atoms with Gasteiger partial charge in [-0.1, -0.05) is 42.1 Å². The number of ketones is 1. The molecule has 0 amide bonds. The molecule has 0 fully saturated rings. The van der Waals surface area contributed by atoms with Crippen molar-refractivity contribution >= 4 is 23.2 Å². The smallest absolute Gasteiger partial charge is 0.187 e. The number of carbonyl (C=O) groups is 1. The monoisotopic (exact) mass is 325 g/mol. The SMILES string of the molecule is COc1ccc2c(c1)/C(=C/C(=O)c1ccccc1)NC(C)(C)S2. The average Bonchev–Trinajstić information content (AvgIpc) is 2.54. The van der Waals surface area contributed by atoms with Gasteiger partial charge in [-0.3, -0.25) is 4.79 Å². The number of carbonyl (C=O) groups excluding carboxylic acids is 1. The molecule has 0 saturated carbocycles. The first-order chi connectivity index (χ1) is 11.0. The van der Waals surface area contributed by atoms with Crippen molar-refractivity contribution in [3.63, 3.8) is 0 Å². The number of hydrogen-bond acceptors (Lipinski definition) is 4. The Bertz CT molecular complexity index is 766. The number of ether oxygens (including phenoxy) is 1. The molecule has 3 nitrogen and oxygen atoms in total. The van der Waals surface area contributed by atoms with Gasteiger partial charge in [0.2, 0.25) is 0 Å². The van der Waals surface area contributed by atoms with Crippen LogP contribution in [0, 0.1) is 0 Å². The highest BCUT2D eigenvalue weighted by Gasteiger charge is 2.29. The van der Waals surface area contributed by atoms with E-state index in [1.54, 1.807) is 24.9 Å². The van der Waals surface area contributed by atoms with Crippen LogP contribution in [0.25, 0.3) is 5.70 Å². The lowest BCUT2D eigenvalue weighted by molar-refractivity contribution is 0.104. The van der Waals surface area contributed by atoms with Gasteiger partial charge >= 0.3 is 0 Å². The summed E-state index contributed by atoms with van der Waals surface area (Å²) in [4.78, 5) is 13.5. The van der Waals surface area contributed by atoms with Gasteiger partial charge in [-0.15, -0.1) is 0 Å². The van der Waals surface area contributed by atoms with Gasteiger partial charge in [0, 0.05) is 27.8 Å². The summed E-state index contributed by atoms with van der Waals surface area (Å²) < 4.78 is 5.32. The Kier molecular flexibility index (Phi) is 4.18. The van der Waals surface area contributed by atoms with Crippen LogP contribution in [-0.2, 0) is 0 Å². The van der Waals surface area contributed by atoms with Crippen LogP contribution < -0.4 is 10.1 Å². The molecule has 0 spiro atoms. The highest BCUT2D eigenvalue weighted by Crippen LogP contribution is 2.42. The molecule has 118 valence electrons. The highest BCUT2D eigenvalue weighted by molar-refractivity contribution is 8.00. The molecule has 1 aliphatic rings. The van der Waals surface area contributed by atoms with E-state index in [0.717, 1.165) is 21.9 Å². The highest BCUT2D eigenvalue weighted by atomic mass is 32.2. The van der Waals surface area contributed by atoms with Gasteiger partial charge in [0.05, 0.1) is 12.0 Å². The van der Waals surface area contributed by atoms with Crippen molar-refractivity contribution in [3.8, 4) is 5.75 Å². The number of hydrogen-bond donors (Lipinski definition) is 1. The van der Waals surface area contributed by atoms with E-state index in [1.807, 2.05) is 48.5 Å².